The summed E-state index contributed by atoms with van der Waals surface area (Å²) in [5.41, 5.74) is 1.21. The van der Waals surface area contributed by atoms with Crippen LogP contribution in [0, 0.1) is 5.92 Å². The zero-order chi connectivity index (χ0) is 15.4. The fourth-order valence-electron chi connectivity index (χ4n) is 2.32. The van der Waals surface area contributed by atoms with Crippen LogP contribution in [0.3, 0.4) is 0 Å². The van der Waals surface area contributed by atoms with Crippen LogP contribution in [-0.4, -0.2) is 40.9 Å². The predicted octanol–water partition coefficient (Wildman–Crippen LogP) is 2.22. The number of nitrogens with one attached hydrogen (secondary N) is 1. The maximum Gasteiger partial charge on any atom is 0.321 e. The van der Waals surface area contributed by atoms with Gasteiger partial charge in [-0.25, -0.2) is 4.79 Å². The van der Waals surface area contributed by atoms with Gasteiger partial charge in [-0.05, 0) is 44.0 Å². The van der Waals surface area contributed by atoms with Crippen molar-refractivity contribution in [2.45, 2.75) is 19.8 Å². The molecule has 1 saturated heterocycles. The number of Topliss-reactive ketones (excluding diaryl/α,β-unsaturated/α-hetero) is 1. The van der Waals surface area contributed by atoms with Gasteiger partial charge in [-0.3, -0.25) is 9.59 Å². The third kappa shape index (κ3) is 3.81. The van der Waals surface area contributed by atoms with Crippen LogP contribution in [0.1, 0.15) is 30.1 Å². The number of hydrogen-bond acceptors (Lipinski definition) is 3. The first-order chi connectivity index (χ1) is 9.97. The molecule has 1 heterocycles. The topological polar surface area (TPSA) is 86.7 Å². The first-order valence-corrected chi connectivity index (χ1v) is 6.87. The molecule has 0 radical (unpaired) electrons. The van der Waals surface area contributed by atoms with Crippen molar-refractivity contribution in [3.05, 3.63) is 29.8 Å². The van der Waals surface area contributed by atoms with Crippen molar-refractivity contribution in [2.24, 2.45) is 5.92 Å². The first kappa shape index (κ1) is 15.0. The number of rotatable bonds is 3. The number of benzene rings is 1. The second-order valence-electron chi connectivity index (χ2n) is 5.16. The van der Waals surface area contributed by atoms with Crippen LogP contribution < -0.4 is 5.32 Å². The van der Waals surface area contributed by atoms with Crippen molar-refractivity contribution in [3.8, 4) is 0 Å². The van der Waals surface area contributed by atoms with Gasteiger partial charge in [0.15, 0.2) is 5.78 Å². The Hall–Kier alpha value is -2.37. The highest BCUT2D eigenvalue weighted by molar-refractivity contribution is 5.95. The van der Waals surface area contributed by atoms with E-state index >= 15 is 0 Å². The number of urea groups is 1. The van der Waals surface area contributed by atoms with Crippen molar-refractivity contribution in [3.63, 3.8) is 0 Å². The van der Waals surface area contributed by atoms with Crippen molar-refractivity contribution in [1.82, 2.24) is 4.90 Å². The van der Waals surface area contributed by atoms with E-state index in [9.17, 15) is 14.4 Å². The summed E-state index contributed by atoms with van der Waals surface area (Å²) in [6, 6.07) is 6.44. The normalized spacial score (nSPS) is 15.6. The number of carbonyl (C=O) groups excluding carboxylic acids is 2. The van der Waals surface area contributed by atoms with Crippen molar-refractivity contribution in [2.75, 3.05) is 18.4 Å². The molecule has 2 N–H and O–H groups in total. The molecule has 0 spiro atoms. The largest absolute Gasteiger partial charge is 0.481 e. The minimum atomic E-state index is -0.796. The number of ketones is 1. The lowest BCUT2D eigenvalue weighted by Crippen LogP contribution is -2.42. The molecule has 0 atom stereocenters. The van der Waals surface area contributed by atoms with Crippen LogP contribution in [0.25, 0.3) is 0 Å². The van der Waals surface area contributed by atoms with E-state index in [4.69, 9.17) is 5.11 Å². The molecule has 0 aromatic heterocycles. The second kappa shape index (κ2) is 6.39. The standard InChI is InChI=1S/C15H18N2O4/c1-10(18)11-2-4-13(5-3-11)16-15(21)17-8-6-12(7-9-17)14(19)20/h2-5,12H,6-9H2,1H3,(H,16,21)(H,19,20). The summed E-state index contributed by atoms with van der Waals surface area (Å²) in [5.74, 6) is -1.18. The van der Waals surface area contributed by atoms with E-state index in [1.165, 1.54) is 6.92 Å². The Morgan fingerprint density at radius 1 is 1.14 bits per heavy atom. The van der Waals surface area contributed by atoms with Gasteiger partial charge in [-0.1, -0.05) is 0 Å². The summed E-state index contributed by atoms with van der Waals surface area (Å²) in [4.78, 5) is 35.7. The molecule has 6 nitrogen and oxygen atoms in total. The Morgan fingerprint density at radius 3 is 2.19 bits per heavy atom. The van der Waals surface area contributed by atoms with Gasteiger partial charge >= 0.3 is 12.0 Å². The monoisotopic (exact) mass is 290 g/mol. The lowest BCUT2D eigenvalue weighted by Gasteiger charge is -2.30. The fraction of sp³-hybridized carbons (Fsp3) is 0.400. The third-order valence-electron chi connectivity index (χ3n) is 3.67. The number of anilines is 1. The Morgan fingerprint density at radius 2 is 1.71 bits per heavy atom. The highest BCUT2D eigenvalue weighted by atomic mass is 16.4. The molecule has 1 aromatic rings. The Labute approximate surface area is 122 Å². The smallest absolute Gasteiger partial charge is 0.321 e. The molecule has 0 bridgehead atoms. The SMILES string of the molecule is CC(=O)c1ccc(NC(=O)N2CCC(C(=O)O)CC2)cc1. The molecule has 21 heavy (non-hydrogen) atoms. The van der Waals surface area contributed by atoms with Crippen molar-refractivity contribution < 1.29 is 19.5 Å². The number of carbonyl (C=O) groups is 3. The fourth-order valence-corrected chi connectivity index (χ4v) is 2.32. The molecule has 1 fully saturated rings. The van der Waals surface area contributed by atoms with Gasteiger partial charge in [-0.2, -0.15) is 0 Å². The van der Waals surface area contributed by atoms with Gasteiger partial charge in [-0.15, -0.1) is 0 Å². The maximum absolute atomic E-state index is 12.1. The summed E-state index contributed by atoms with van der Waals surface area (Å²) in [5, 5.41) is 11.7. The van der Waals surface area contributed by atoms with Gasteiger partial charge in [0.1, 0.15) is 0 Å². The number of hydrogen-bond donors (Lipinski definition) is 2. The van der Waals surface area contributed by atoms with E-state index in [1.54, 1.807) is 29.2 Å². The summed E-state index contributed by atoms with van der Waals surface area (Å²) < 4.78 is 0. The molecular weight excluding hydrogens is 272 g/mol. The number of likely N-dealkylation sites (tertiary alicyclic amines) is 1. The summed E-state index contributed by atoms with van der Waals surface area (Å²) in [6.45, 7) is 2.36. The van der Waals surface area contributed by atoms with Crippen molar-refractivity contribution >= 4 is 23.5 Å². The van der Waals surface area contributed by atoms with Gasteiger partial charge < -0.3 is 15.3 Å². The quantitative estimate of drug-likeness (QED) is 0.836. The van der Waals surface area contributed by atoms with Crippen LogP contribution in [0.15, 0.2) is 24.3 Å². The molecule has 2 amide bonds. The average molecular weight is 290 g/mol. The van der Waals surface area contributed by atoms with E-state index in [0.29, 0.717) is 37.2 Å². The highest BCUT2D eigenvalue weighted by Crippen LogP contribution is 2.18. The molecule has 1 aliphatic rings. The minimum absolute atomic E-state index is 0.0244. The first-order valence-electron chi connectivity index (χ1n) is 6.87. The molecule has 1 aliphatic heterocycles. The summed E-state index contributed by atoms with van der Waals surface area (Å²) in [7, 11) is 0. The van der Waals surface area contributed by atoms with Gasteiger partial charge in [0.25, 0.3) is 0 Å². The molecule has 2 rings (SSSR count). The van der Waals surface area contributed by atoms with E-state index < -0.39 is 5.97 Å². The van der Waals surface area contributed by atoms with E-state index in [2.05, 4.69) is 5.32 Å². The number of aliphatic carboxylic acids is 1. The van der Waals surface area contributed by atoms with Gasteiger partial charge in [0, 0.05) is 24.3 Å². The maximum atomic E-state index is 12.1. The van der Waals surface area contributed by atoms with E-state index in [-0.39, 0.29) is 17.7 Å². The molecule has 0 aliphatic carbocycles. The third-order valence-corrected chi connectivity index (χ3v) is 3.67. The Balaban J connectivity index is 1.90. The van der Waals surface area contributed by atoms with Crippen LogP contribution in [0.4, 0.5) is 10.5 Å². The molecule has 0 saturated carbocycles. The van der Waals surface area contributed by atoms with E-state index in [1.807, 2.05) is 0 Å². The molecule has 0 unspecified atom stereocenters. The predicted molar refractivity (Wildman–Crippen MR) is 77.4 cm³/mol. The van der Waals surface area contributed by atoms with Gasteiger partial charge in [0.2, 0.25) is 0 Å². The Bertz CT molecular complexity index is 545. The van der Waals surface area contributed by atoms with Crippen LogP contribution in [-0.2, 0) is 4.79 Å². The van der Waals surface area contributed by atoms with Crippen molar-refractivity contribution in [1.29, 1.82) is 0 Å². The molecular formula is C15H18N2O4. The van der Waals surface area contributed by atoms with Crippen LogP contribution >= 0.6 is 0 Å². The van der Waals surface area contributed by atoms with Crippen LogP contribution in [0.5, 0.6) is 0 Å². The minimum Gasteiger partial charge on any atom is -0.481 e. The summed E-state index contributed by atoms with van der Waals surface area (Å²) in [6.07, 6.45) is 0.956. The second-order valence-corrected chi connectivity index (χ2v) is 5.16. The molecule has 1 aromatic carbocycles. The zero-order valence-corrected chi connectivity index (χ0v) is 11.8. The van der Waals surface area contributed by atoms with E-state index in [0.717, 1.165) is 0 Å². The molecule has 112 valence electrons. The number of nitrogens with zero attached hydrogens (tertiary/aromatic N) is 1. The average Bonchev–Trinajstić information content (AvgIpc) is 2.47. The van der Waals surface area contributed by atoms with Gasteiger partial charge in [0.05, 0.1) is 5.92 Å². The number of piperidine rings is 1. The Kier molecular flexibility index (Phi) is 4.57. The number of carboxylic acids is 1. The number of carboxylic acid groups (broad SMARTS) is 1. The molecule has 6 heteroatoms. The van der Waals surface area contributed by atoms with Crippen LogP contribution in [0.2, 0.25) is 0 Å². The lowest BCUT2D eigenvalue weighted by molar-refractivity contribution is -0.143. The lowest BCUT2D eigenvalue weighted by atomic mass is 9.97. The highest BCUT2D eigenvalue weighted by Gasteiger charge is 2.26. The number of amides is 2. The summed E-state index contributed by atoms with van der Waals surface area (Å²) >= 11 is 0. The zero-order valence-electron chi connectivity index (χ0n) is 11.8.